The van der Waals surface area contributed by atoms with E-state index in [4.69, 9.17) is 0 Å². The number of carboxylic acid groups (broad SMARTS) is 1. The number of hydrogen-bond acceptors (Lipinski definition) is 7. The standard InChI is InChI=1S/C20H18N6O5/c27-19(28)14-3-1-2-4-15(14)23-20(29)25-9-7-24(8-10-25)18-12-21-17-11-13(26(30)31)5-6-16(17)22-18/h1-6,11-12H,7-10H2,(H,23,29)(H,27,28). The number of nitrogens with zero attached hydrogens (tertiary/aromatic N) is 5. The number of carboxylic acids is 1. The second kappa shape index (κ2) is 8.22. The first-order chi connectivity index (χ1) is 14.9. The molecular formula is C20H18N6O5. The number of hydrogen-bond donors (Lipinski definition) is 2. The van der Waals surface area contributed by atoms with Crippen molar-refractivity contribution in [2.45, 2.75) is 0 Å². The Morgan fingerprint density at radius 3 is 2.52 bits per heavy atom. The number of nitro benzene ring substituents is 1. The van der Waals surface area contributed by atoms with Crippen LogP contribution in [0.4, 0.5) is 22.0 Å². The number of urea groups is 1. The molecule has 158 valence electrons. The summed E-state index contributed by atoms with van der Waals surface area (Å²) in [6.45, 7) is 1.87. The van der Waals surface area contributed by atoms with Gasteiger partial charge in [0.05, 0.1) is 33.4 Å². The van der Waals surface area contributed by atoms with E-state index in [1.807, 2.05) is 4.90 Å². The van der Waals surface area contributed by atoms with Gasteiger partial charge in [0.15, 0.2) is 0 Å². The molecule has 11 heteroatoms. The Hall–Kier alpha value is -4.28. The molecule has 4 rings (SSSR count). The van der Waals surface area contributed by atoms with Gasteiger partial charge in [0.25, 0.3) is 5.69 Å². The highest BCUT2D eigenvalue weighted by molar-refractivity contribution is 6.00. The molecule has 0 radical (unpaired) electrons. The van der Waals surface area contributed by atoms with Gasteiger partial charge in [-0.05, 0) is 18.2 Å². The van der Waals surface area contributed by atoms with Crippen LogP contribution >= 0.6 is 0 Å². The number of para-hydroxylation sites is 1. The van der Waals surface area contributed by atoms with Crippen LogP contribution in [0.2, 0.25) is 0 Å². The van der Waals surface area contributed by atoms with Crippen LogP contribution in [-0.4, -0.2) is 63.1 Å². The van der Waals surface area contributed by atoms with Crippen LogP contribution in [0.15, 0.2) is 48.7 Å². The molecule has 2 N–H and O–H groups in total. The lowest BCUT2D eigenvalue weighted by molar-refractivity contribution is -0.384. The molecule has 0 bridgehead atoms. The molecule has 0 atom stereocenters. The second-order valence-corrected chi connectivity index (χ2v) is 6.91. The number of carbonyl (C=O) groups is 2. The van der Waals surface area contributed by atoms with Gasteiger partial charge in [-0.2, -0.15) is 0 Å². The summed E-state index contributed by atoms with van der Waals surface area (Å²) < 4.78 is 0. The Morgan fingerprint density at radius 1 is 1.06 bits per heavy atom. The first-order valence-electron chi connectivity index (χ1n) is 9.47. The van der Waals surface area contributed by atoms with Gasteiger partial charge in [-0.3, -0.25) is 15.1 Å². The zero-order valence-corrected chi connectivity index (χ0v) is 16.3. The zero-order chi connectivity index (χ0) is 22.0. The molecule has 1 saturated heterocycles. The normalized spacial score (nSPS) is 13.8. The van der Waals surface area contributed by atoms with Gasteiger partial charge in [-0.1, -0.05) is 12.1 Å². The fourth-order valence-corrected chi connectivity index (χ4v) is 3.37. The summed E-state index contributed by atoms with van der Waals surface area (Å²) in [6.07, 6.45) is 1.56. The lowest BCUT2D eigenvalue weighted by Crippen LogP contribution is -2.50. The minimum atomic E-state index is -1.11. The largest absolute Gasteiger partial charge is 0.478 e. The van der Waals surface area contributed by atoms with E-state index in [0.717, 1.165) is 0 Å². The Kier molecular flexibility index (Phi) is 5.31. The molecule has 0 spiro atoms. The Labute approximate surface area is 176 Å². The zero-order valence-electron chi connectivity index (χ0n) is 16.3. The van der Waals surface area contributed by atoms with E-state index >= 15 is 0 Å². The van der Waals surface area contributed by atoms with Crippen LogP contribution in [-0.2, 0) is 0 Å². The Balaban J connectivity index is 1.41. The lowest BCUT2D eigenvalue weighted by atomic mass is 10.2. The number of non-ortho nitro benzene ring substituents is 1. The lowest BCUT2D eigenvalue weighted by Gasteiger charge is -2.35. The van der Waals surface area contributed by atoms with E-state index in [-0.39, 0.29) is 23.0 Å². The smallest absolute Gasteiger partial charge is 0.337 e. The summed E-state index contributed by atoms with van der Waals surface area (Å²) >= 11 is 0. The third-order valence-corrected chi connectivity index (χ3v) is 5.01. The fourth-order valence-electron chi connectivity index (χ4n) is 3.37. The van der Waals surface area contributed by atoms with Gasteiger partial charge >= 0.3 is 12.0 Å². The predicted molar refractivity (Wildman–Crippen MR) is 112 cm³/mol. The van der Waals surface area contributed by atoms with E-state index < -0.39 is 10.9 Å². The van der Waals surface area contributed by atoms with Crippen LogP contribution in [0.1, 0.15) is 10.4 Å². The van der Waals surface area contributed by atoms with E-state index in [1.54, 1.807) is 35.4 Å². The van der Waals surface area contributed by atoms with Crippen molar-refractivity contribution < 1.29 is 19.6 Å². The maximum Gasteiger partial charge on any atom is 0.337 e. The highest BCUT2D eigenvalue weighted by Crippen LogP contribution is 2.22. The van der Waals surface area contributed by atoms with Crippen LogP contribution < -0.4 is 10.2 Å². The van der Waals surface area contributed by atoms with Crippen molar-refractivity contribution in [1.29, 1.82) is 0 Å². The number of nitro groups is 1. The monoisotopic (exact) mass is 422 g/mol. The van der Waals surface area contributed by atoms with E-state index in [2.05, 4.69) is 15.3 Å². The topological polar surface area (TPSA) is 142 Å². The number of amides is 2. The second-order valence-electron chi connectivity index (χ2n) is 6.91. The van der Waals surface area contributed by atoms with Gasteiger partial charge in [0.2, 0.25) is 0 Å². The molecule has 2 amide bonds. The average Bonchev–Trinajstić information content (AvgIpc) is 2.78. The number of benzene rings is 2. The van der Waals surface area contributed by atoms with E-state index in [9.17, 15) is 24.8 Å². The summed E-state index contributed by atoms with van der Waals surface area (Å²) in [7, 11) is 0. The van der Waals surface area contributed by atoms with Gasteiger partial charge in [-0.15, -0.1) is 0 Å². The van der Waals surface area contributed by atoms with Gasteiger partial charge in [-0.25, -0.2) is 14.6 Å². The Morgan fingerprint density at radius 2 is 1.81 bits per heavy atom. The highest BCUT2D eigenvalue weighted by atomic mass is 16.6. The number of carbonyl (C=O) groups excluding carboxylic acids is 1. The molecule has 11 nitrogen and oxygen atoms in total. The number of rotatable bonds is 4. The summed E-state index contributed by atoms with van der Waals surface area (Å²) in [5, 5.41) is 22.8. The first-order valence-corrected chi connectivity index (χ1v) is 9.47. The number of anilines is 2. The van der Waals surface area contributed by atoms with Crippen molar-refractivity contribution in [3.63, 3.8) is 0 Å². The minimum absolute atomic E-state index is 0.0289. The minimum Gasteiger partial charge on any atom is -0.478 e. The van der Waals surface area contributed by atoms with Crippen molar-refractivity contribution >= 4 is 40.2 Å². The third kappa shape index (κ3) is 4.20. The third-order valence-electron chi connectivity index (χ3n) is 5.01. The van der Waals surface area contributed by atoms with Crippen molar-refractivity contribution in [3.05, 3.63) is 64.3 Å². The van der Waals surface area contributed by atoms with E-state index in [1.165, 1.54) is 18.2 Å². The molecule has 2 aromatic carbocycles. The first kappa shape index (κ1) is 20.0. The predicted octanol–water partition coefficient (Wildman–Crippen LogP) is 2.59. The molecule has 3 aromatic rings. The summed E-state index contributed by atoms with van der Waals surface area (Å²) in [6, 6.07) is 10.2. The number of nitrogens with one attached hydrogen (secondary N) is 1. The van der Waals surface area contributed by atoms with Gasteiger partial charge < -0.3 is 20.2 Å². The number of fused-ring (bicyclic) bond motifs is 1. The van der Waals surface area contributed by atoms with Crippen LogP contribution in [0.25, 0.3) is 11.0 Å². The summed E-state index contributed by atoms with van der Waals surface area (Å²) in [5.74, 6) is -0.487. The maximum absolute atomic E-state index is 12.6. The quantitative estimate of drug-likeness (QED) is 0.483. The highest BCUT2D eigenvalue weighted by Gasteiger charge is 2.23. The molecule has 31 heavy (non-hydrogen) atoms. The molecule has 1 aliphatic rings. The average molecular weight is 422 g/mol. The molecular weight excluding hydrogens is 404 g/mol. The molecule has 1 fully saturated rings. The molecule has 1 aromatic heterocycles. The maximum atomic E-state index is 12.6. The molecule has 0 unspecified atom stereocenters. The molecule has 0 saturated carbocycles. The van der Waals surface area contributed by atoms with Crippen molar-refractivity contribution in [2.75, 3.05) is 36.4 Å². The summed E-state index contributed by atoms with van der Waals surface area (Å²) in [5.41, 5.74) is 1.22. The molecule has 1 aliphatic heterocycles. The summed E-state index contributed by atoms with van der Waals surface area (Å²) in [4.78, 5) is 46.7. The van der Waals surface area contributed by atoms with Gasteiger partial charge in [0.1, 0.15) is 5.82 Å². The van der Waals surface area contributed by atoms with Crippen LogP contribution in [0.3, 0.4) is 0 Å². The molecule has 0 aliphatic carbocycles. The number of aromatic nitrogens is 2. The SMILES string of the molecule is O=C(O)c1ccccc1NC(=O)N1CCN(c2cnc3cc([N+](=O)[O-])ccc3n2)CC1. The van der Waals surface area contributed by atoms with Crippen LogP contribution in [0, 0.1) is 10.1 Å². The van der Waals surface area contributed by atoms with Crippen molar-refractivity contribution in [3.8, 4) is 0 Å². The number of aromatic carboxylic acids is 1. The van der Waals surface area contributed by atoms with Crippen molar-refractivity contribution in [1.82, 2.24) is 14.9 Å². The van der Waals surface area contributed by atoms with Crippen LogP contribution in [0.5, 0.6) is 0 Å². The van der Waals surface area contributed by atoms with Gasteiger partial charge in [0, 0.05) is 38.3 Å². The number of piperazine rings is 1. The molecule has 2 heterocycles. The Bertz CT molecular complexity index is 1180. The van der Waals surface area contributed by atoms with Crippen molar-refractivity contribution in [2.24, 2.45) is 0 Å². The van der Waals surface area contributed by atoms with E-state index in [0.29, 0.717) is 43.0 Å². The fraction of sp³-hybridized carbons (Fsp3) is 0.200.